The molecule has 7 heteroatoms. The van der Waals surface area contributed by atoms with Gasteiger partial charge in [0.05, 0.1) is 18.9 Å². The van der Waals surface area contributed by atoms with Gasteiger partial charge in [-0.2, -0.15) is 0 Å². The number of esters is 1. The van der Waals surface area contributed by atoms with Gasteiger partial charge in [0.15, 0.2) is 5.76 Å². The molecule has 2 amide bonds. The van der Waals surface area contributed by atoms with Crippen molar-refractivity contribution in [1.82, 2.24) is 4.90 Å². The summed E-state index contributed by atoms with van der Waals surface area (Å²) in [5, 5.41) is 2.84. The zero-order valence-electron chi connectivity index (χ0n) is 16.3. The van der Waals surface area contributed by atoms with Gasteiger partial charge in [0.1, 0.15) is 6.04 Å². The molecule has 2 heterocycles. The van der Waals surface area contributed by atoms with Crippen molar-refractivity contribution >= 4 is 23.5 Å². The predicted octanol–water partition coefficient (Wildman–Crippen LogP) is 3.27. The van der Waals surface area contributed by atoms with E-state index in [1.807, 2.05) is 24.3 Å². The zero-order valence-corrected chi connectivity index (χ0v) is 16.3. The van der Waals surface area contributed by atoms with Crippen molar-refractivity contribution in [2.75, 3.05) is 12.4 Å². The van der Waals surface area contributed by atoms with Crippen molar-refractivity contribution in [3.05, 3.63) is 89.4 Å². The lowest BCUT2D eigenvalue weighted by Crippen LogP contribution is -2.50. The number of ether oxygens (including phenoxy) is 1. The van der Waals surface area contributed by atoms with Gasteiger partial charge in [0, 0.05) is 18.7 Å². The summed E-state index contributed by atoms with van der Waals surface area (Å²) in [7, 11) is 1.31. The predicted molar refractivity (Wildman–Crippen MR) is 109 cm³/mol. The number of hydrogen-bond donors (Lipinski definition) is 1. The highest BCUT2D eigenvalue weighted by Crippen LogP contribution is 2.26. The molecule has 1 aliphatic rings. The SMILES string of the molecule is COC(=O)c1ccc(NC(=O)C2Cc3ccccc3CN2C(=O)c2ccco2)cc1. The van der Waals surface area contributed by atoms with Crippen molar-refractivity contribution in [2.24, 2.45) is 0 Å². The largest absolute Gasteiger partial charge is 0.465 e. The summed E-state index contributed by atoms with van der Waals surface area (Å²) in [5.41, 5.74) is 2.94. The first-order valence-electron chi connectivity index (χ1n) is 9.47. The molecule has 0 fully saturated rings. The van der Waals surface area contributed by atoms with Crippen molar-refractivity contribution < 1.29 is 23.5 Å². The quantitative estimate of drug-likeness (QED) is 0.674. The summed E-state index contributed by atoms with van der Waals surface area (Å²) in [6.45, 7) is 0.315. The second-order valence-corrected chi connectivity index (χ2v) is 6.96. The van der Waals surface area contributed by atoms with Crippen LogP contribution in [0.4, 0.5) is 5.69 Å². The summed E-state index contributed by atoms with van der Waals surface area (Å²) in [6, 6.07) is 16.7. The second-order valence-electron chi connectivity index (χ2n) is 6.96. The number of amides is 2. The molecule has 0 aliphatic carbocycles. The van der Waals surface area contributed by atoms with E-state index in [1.165, 1.54) is 18.3 Å². The fourth-order valence-corrected chi connectivity index (χ4v) is 3.55. The Morgan fingerprint density at radius 1 is 1.00 bits per heavy atom. The normalized spacial score (nSPS) is 15.2. The molecule has 30 heavy (non-hydrogen) atoms. The first-order chi connectivity index (χ1) is 14.6. The molecule has 1 unspecified atom stereocenters. The van der Waals surface area contributed by atoms with Crippen LogP contribution >= 0.6 is 0 Å². The van der Waals surface area contributed by atoms with Crippen LogP contribution < -0.4 is 5.32 Å². The number of anilines is 1. The lowest BCUT2D eigenvalue weighted by molar-refractivity contribution is -0.121. The minimum Gasteiger partial charge on any atom is -0.465 e. The number of hydrogen-bond acceptors (Lipinski definition) is 5. The van der Waals surface area contributed by atoms with E-state index in [2.05, 4.69) is 10.1 Å². The molecule has 0 saturated carbocycles. The van der Waals surface area contributed by atoms with Crippen LogP contribution in [0.1, 0.15) is 32.0 Å². The fraction of sp³-hybridized carbons (Fsp3) is 0.174. The van der Waals surface area contributed by atoms with Gasteiger partial charge < -0.3 is 19.4 Å². The molecule has 4 rings (SSSR count). The van der Waals surface area contributed by atoms with E-state index in [-0.39, 0.29) is 17.6 Å². The fourth-order valence-electron chi connectivity index (χ4n) is 3.55. The summed E-state index contributed by atoms with van der Waals surface area (Å²) in [6.07, 6.45) is 1.83. The molecular formula is C23H20N2O5. The van der Waals surface area contributed by atoms with E-state index in [0.29, 0.717) is 24.2 Å². The summed E-state index contributed by atoms with van der Waals surface area (Å²) >= 11 is 0. The number of carbonyl (C=O) groups excluding carboxylic acids is 3. The van der Waals surface area contributed by atoms with Crippen LogP contribution in [-0.4, -0.2) is 35.8 Å². The average molecular weight is 404 g/mol. The van der Waals surface area contributed by atoms with Gasteiger partial charge in [-0.05, 0) is 47.5 Å². The Kier molecular flexibility index (Phi) is 5.34. The smallest absolute Gasteiger partial charge is 0.337 e. The highest BCUT2D eigenvalue weighted by atomic mass is 16.5. The van der Waals surface area contributed by atoms with E-state index >= 15 is 0 Å². The van der Waals surface area contributed by atoms with Crippen LogP contribution in [0.15, 0.2) is 71.3 Å². The standard InChI is InChI=1S/C23H20N2O5/c1-29-23(28)15-8-10-18(11-9-15)24-21(26)19-13-16-5-2-3-6-17(16)14-25(19)22(27)20-7-4-12-30-20/h2-12,19H,13-14H2,1H3,(H,24,26). The van der Waals surface area contributed by atoms with Crippen LogP contribution in [0.25, 0.3) is 0 Å². The van der Waals surface area contributed by atoms with Gasteiger partial charge in [-0.1, -0.05) is 24.3 Å². The Hall–Kier alpha value is -3.87. The number of furan rings is 1. The van der Waals surface area contributed by atoms with E-state index in [0.717, 1.165) is 11.1 Å². The number of fused-ring (bicyclic) bond motifs is 1. The first-order valence-corrected chi connectivity index (χ1v) is 9.47. The Bertz CT molecular complexity index is 1070. The lowest BCUT2D eigenvalue weighted by Gasteiger charge is -2.35. The number of benzene rings is 2. The van der Waals surface area contributed by atoms with Crippen LogP contribution in [0.5, 0.6) is 0 Å². The first kappa shape index (κ1) is 19.4. The zero-order chi connectivity index (χ0) is 21.1. The minimum atomic E-state index is -0.696. The Morgan fingerprint density at radius 3 is 2.40 bits per heavy atom. The van der Waals surface area contributed by atoms with E-state index < -0.39 is 12.0 Å². The summed E-state index contributed by atoms with van der Waals surface area (Å²) in [4.78, 5) is 39.2. The van der Waals surface area contributed by atoms with Crippen LogP contribution in [0.3, 0.4) is 0 Å². The third-order valence-electron chi connectivity index (χ3n) is 5.12. The topological polar surface area (TPSA) is 88.9 Å². The molecule has 7 nitrogen and oxygen atoms in total. The molecule has 1 aromatic heterocycles. The van der Waals surface area contributed by atoms with Gasteiger partial charge in [-0.3, -0.25) is 9.59 Å². The maximum atomic E-state index is 13.1. The van der Waals surface area contributed by atoms with E-state index in [4.69, 9.17) is 4.42 Å². The monoisotopic (exact) mass is 404 g/mol. The molecule has 3 aromatic rings. The van der Waals surface area contributed by atoms with Crippen molar-refractivity contribution in [3.63, 3.8) is 0 Å². The molecule has 1 atom stereocenters. The summed E-state index contributed by atoms with van der Waals surface area (Å²) < 4.78 is 9.94. The van der Waals surface area contributed by atoms with Crippen molar-refractivity contribution in [1.29, 1.82) is 0 Å². The maximum absolute atomic E-state index is 13.1. The average Bonchev–Trinajstić information content (AvgIpc) is 3.32. The van der Waals surface area contributed by atoms with Gasteiger partial charge in [-0.15, -0.1) is 0 Å². The molecule has 1 N–H and O–H groups in total. The van der Waals surface area contributed by atoms with Gasteiger partial charge in [-0.25, -0.2) is 4.79 Å². The third kappa shape index (κ3) is 3.82. The molecule has 0 bridgehead atoms. The van der Waals surface area contributed by atoms with E-state index in [1.54, 1.807) is 36.4 Å². The second kappa shape index (κ2) is 8.24. The highest BCUT2D eigenvalue weighted by Gasteiger charge is 2.36. The molecule has 1 aliphatic heterocycles. The van der Waals surface area contributed by atoms with Crippen molar-refractivity contribution in [2.45, 2.75) is 19.0 Å². The highest BCUT2D eigenvalue weighted by molar-refractivity contribution is 6.01. The summed E-state index contributed by atoms with van der Waals surface area (Å²) in [5.74, 6) is -0.910. The molecule has 2 aromatic carbocycles. The van der Waals surface area contributed by atoms with Gasteiger partial charge in [0.25, 0.3) is 5.91 Å². The number of carbonyl (C=O) groups is 3. The molecular weight excluding hydrogens is 384 g/mol. The third-order valence-corrected chi connectivity index (χ3v) is 5.12. The maximum Gasteiger partial charge on any atom is 0.337 e. The molecule has 152 valence electrons. The van der Waals surface area contributed by atoms with Crippen LogP contribution in [-0.2, 0) is 22.5 Å². The van der Waals surface area contributed by atoms with Gasteiger partial charge >= 0.3 is 5.97 Å². The number of nitrogens with zero attached hydrogens (tertiary/aromatic N) is 1. The Labute approximate surface area is 173 Å². The Morgan fingerprint density at radius 2 is 1.73 bits per heavy atom. The molecule has 0 saturated heterocycles. The lowest BCUT2D eigenvalue weighted by atomic mass is 9.93. The van der Waals surface area contributed by atoms with Crippen LogP contribution in [0.2, 0.25) is 0 Å². The van der Waals surface area contributed by atoms with Gasteiger partial charge in [0.2, 0.25) is 5.91 Å². The molecule has 0 radical (unpaired) electrons. The number of nitrogens with one attached hydrogen (secondary N) is 1. The number of methoxy groups -OCH3 is 1. The Balaban J connectivity index is 1.58. The molecule has 0 spiro atoms. The van der Waals surface area contributed by atoms with Crippen LogP contribution in [0, 0.1) is 0 Å². The van der Waals surface area contributed by atoms with Crippen molar-refractivity contribution in [3.8, 4) is 0 Å². The minimum absolute atomic E-state index is 0.189. The number of rotatable bonds is 4. The van der Waals surface area contributed by atoms with E-state index in [9.17, 15) is 14.4 Å².